The average molecular weight is 327 g/mol. The number of para-hydroxylation sites is 2. The van der Waals surface area contributed by atoms with E-state index in [0.29, 0.717) is 24.8 Å². The molecule has 0 aliphatic carbocycles. The molecule has 1 saturated heterocycles. The first-order chi connectivity index (χ1) is 11.7. The fraction of sp³-hybridized carbons (Fsp3) is 0.471. The molecule has 1 N–H and O–H groups in total. The molecule has 3 heterocycles. The molecule has 0 unspecified atom stereocenters. The third-order valence-electron chi connectivity index (χ3n) is 4.27. The van der Waals surface area contributed by atoms with Gasteiger partial charge in [-0.15, -0.1) is 0 Å². The summed E-state index contributed by atoms with van der Waals surface area (Å²) >= 11 is 0. The van der Waals surface area contributed by atoms with Gasteiger partial charge in [-0.25, -0.2) is 4.98 Å². The van der Waals surface area contributed by atoms with Crippen LogP contribution in [-0.2, 0) is 17.7 Å². The minimum absolute atomic E-state index is 0.142. The predicted molar refractivity (Wildman–Crippen MR) is 88.7 cm³/mol. The van der Waals surface area contributed by atoms with Crippen molar-refractivity contribution in [3.05, 3.63) is 41.8 Å². The number of benzene rings is 1. The summed E-state index contributed by atoms with van der Waals surface area (Å²) < 4.78 is 13.4. The molecule has 1 fully saturated rings. The summed E-state index contributed by atoms with van der Waals surface area (Å²) in [5.74, 6) is 2.20. The molecule has 0 radical (unpaired) electrons. The van der Waals surface area contributed by atoms with Crippen molar-refractivity contribution in [1.82, 2.24) is 25.0 Å². The lowest BCUT2D eigenvalue weighted by atomic mass is 10.2. The number of aromatic nitrogens is 4. The number of fused-ring (bicyclic) bond motifs is 1. The van der Waals surface area contributed by atoms with Gasteiger partial charge in [0.15, 0.2) is 5.82 Å². The summed E-state index contributed by atoms with van der Waals surface area (Å²) in [5.41, 5.74) is 2.08. The fourth-order valence-corrected chi connectivity index (χ4v) is 3.12. The standard InChI is InChI=1S/C17H21N5O2/c1-3-16-19-12-6-4-5-7-13(12)22(16)10-15-20-17(24-21-15)14-9-18-8-11(2)23-14/h4-7,11,14,18H,3,8-10H2,1-2H3/t11-,14-/m1/s1. The Morgan fingerprint density at radius 3 is 2.96 bits per heavy atom. The SMILES string of the molecule is CCc1nc2ccccc2n1Cc1noc([C@H]2CNC[C@@H](C)O2)n1. The molecule has 0 spiro atoms. The molecule has 7 heteroatoms. The molecule has 0 bridgehead atoms. The highest BCUT2D eigenvalue weighted by molar-refractivity contribution is 5.75. The van der Waals surface area contributed by atoms with Crippen LogP contribution >= 0.6 is 0 Å². The second kappa shape index (κ2) is 6.33. The molecule has 24 heavy (non-hydrogen) atoms. The van der Waals surface area contributed by atoms with E-state index in [1.54, 1.807) is 0 Å². The molecule has 126 valence electrons. The summed E-state index contributed by atoms with van der Waals surface area (Å²) in [6.45, 7) is 6.21. The summed E-state index contributed by atoms with van der Waals surface area (Å²) in [6, 6.07) is 8.11. The van der Waals surface area contributed by atoms with Crippen LogP contribution in [0, 0.1) is 0 Å². The van der Waals surface area contributed by atoms with Crippen LogP contribution in [-0.4, -0.2) is 38.9 Å². The van der Waals surface area contributed by atoms with E-state index in [0.717, 1.165) is 29.8 Å². The van der Waals surface area contributed by atoms with Gasteiger partial charge in [0.2, 0.25) is 0 Å². The first kappa shape index (κ1) is 15.3. The van der Waals surface area contributed by atoms with E-state index in [2.05, 4.69) is 38.0 Å². The lowest BCUT2D eigenvalue weighted by Crippen LogP contribution is -2.39. The first-order valence-corrected chi connectivity index (χ1v) is 8.37. The second-order valence-corrected chi connectivity index (χ2v) is 6.10. The molecule has 2 atom stereocenters. The molecule has 7 nitrogen and oxygen atoms in total. The topological polar surface area (TPSA) is 78.0 Å². The molecule has 1 aromatic carbocycles. The third-order valence-corrected chi connectivity index (χ3v) is 4.27. The van der Waals surface area contributed by atoms with E-state index in [4.69, 9.17) is 9.26 Å². The zero-order chi connectivity index (χ0) is 16.5. The Kier molecular flexibility index (Phi) is 4.03. The minimum Gasteiger partial charge on any atom is -0.363 e. The van der Waals surface area contributed by atoms with Crippen molar-refractivity contribution < 1.29 is 9.26 Å². The highest BCUT2D eigenvalue weighted by Crippen LogP contribution is 2.21. The lowest BCUT2D eigenvalue weighted by molar-refractivity contribution is -0.0438. The van der Waals surface area contributed by atoms with Gasteiger partial charge in [-0.05, 0) is 19.1 Å². The third kappa shape index (κ3) is 2.81. The maximum absolute atomic E-state index is 5.86. The van der Waals surface area contributed by atoms with Crippen LogP contribution in [0.1, 0.15) is 37.5 Å². The average Bonchev–Trinajstić information content (AvgIpc) is 3.20. The molecular formula is C17H21N5O2. The Labute approximate surface area is 140 Å². The van der Waals surface area contributed by atoms with E-state index in [1.165, 1.54) is 0 Å². The van der Waals surface area contributed by atoms with E-state index < -0.39 is 0 Å². The van der Waals surface area contributed by atoms with Crippen molar-refractivity contribution >= 4 is 11.0 Å². The van der Waals surface area contributed by atoms with E-state index in [1.807, 2.05) is 25.1 Å². The Morgan fingerprint density at radius 1 is 1.25 bits per heavy atom. The highest BCUT2D eigenvalue weighted by Gasteiger charge is 2.26. The van der Waals surface area contributed by atoms with Gasteiger partial charge < -0.3 is 19.1 Å². The maximum atomic E-state index is 5.86. The Balaban J connectivity index is 1.60. The molecule has 1 aliphatic heterocycles. The number of nitrogens with one attached hydrogen (secondary N) is 1. The van der Waals surface area contributed by atoms with Crippen LogP contribution < -0.4 is 5.32 Å². The van der Waals surface area contributed by atoms with Crippen molar-refractivity contribution in [2.45, 2.75) is 39.0 Å². The Hall–Kier alpha value is -2.25. The zero-order valence-corrected chi connectivity index (χ0v) is 13.9. The van der Waals surface area contributed by atoms with Crippen molar-refractivity contribution in [3.8, 4) is 0 Å². The fourth-order valence-electron chi connectivity index (χ4n) is 3.12. The quantitative estimate of drug-likeness (QED) is 0.790. The van der Waals surface area contributed by atoms with E-state index in [-0.39, 0.29) is 12.2 Å². The second-order valence-electron chi connectivity index (χ2n) is 6.10. The number of nitrogens with zero attached hydrogens (tertiary/aromatic N) is 4. The molecule has 0 saturated carbocycles. The van der Waals surface area contributed by atoms with Gasteiger partial charge in [0.25, 0.3) is 5.89 Å². The van der Waals surface area contributed by atoms with Crippen molar-refractivity contribution in [3.63, 3.8) is 0 Å². The Bertz CT molecular complexity index is 840. The van der Waals surface area contributed by atoms with Gasteiger partial charge in [0, 0.05) is 19.5 Å². The molecule has 3 aromatic rings. The van der Waals surface area contributed by atoms with Gasteiger partial charge in [-0.3, -0.25) is 0 Å². The Morgan fingerprint density at radius 2 is 2.12 bits per heavy atom. The van der Waals surface area contributed by atoms with Crippen LogP contribution in [0.25, 0.3) is 11.0 Å². The molecule has 1 aliphatic rings. The van der Waals surface area contributed by atoms with Gasteiger partial charge >= 0.3 is 0 Å². The van der Waals surface area contributed by atoms with Gasteiger partial charge in [0.05, 0.1) is 23.7 Å². The van der Waals surface area contributed by atoms with E-state index >= 15 is 0 Å². The van der Waals surface area contributed by atoms with Crippen molar-refractivity contribution in [2.75, 3.05) is 13.1 Å². The summed E-state index contributed by atoms with van der Waals surface area (Å²) in [4.78, 5) is 9.21. The number of imidazole rings is 1. The maximum Gasteiger partial charge on any atom is 0.257 e. The smallest absolute Gasteiger partial charge is 0.257 e. The normalized spacial score (nSPS) is 21.4. The molecule has 2 aromatic heterocycles. The van der Waals surface area contributed by atoms with Gasteiger partial charge in [0.1, 0.15) is 11.9 Å². The van der Waals surface area contributed by atoms with Crippen molar-refractivity contribution in [1.29, 1.82) is 0 Å². The number of morpholine rings is 1. The number of aryl methyl sites for hydroxylation is 1. The van der Waals surface area contributed by atoms with Crippen LogP contribution in [0.2, 0.25) is 0 Å². The highest BCUT2D eigenvalue weighted by atomic mass is 16.5. The van der Waals surface area contributed by atoms with E-state index in [9.17, 15) is 0 Å². The summed E-state index contributed by atoms with van der Waals surface area (Å²) in [7, 11) is 0. The molecule has 0 amide bonds. The van der Waals surface area contributed by atoms with Crippen LogP contribution in [0.3, 0.4) is 0 Å². The summed E-state index contributed by atoms with van der Waals surface area (Å²) in [6.07, 6.45) is 0.815. The van der Waals surface area contributed by atoms with Gasteiger partial charge in [-0.1, -0.05) is 24.2 Å². The number of hydrogen-bond donors (Lipinski definition) is 1. The lowest BCUT2D eigenvalue weighted by Gasteiger charge is -2.25. The molecular weight excluding hydrogens is 306 g/mol. The van der Waals surface area contributed by atoms with Crippen LogP contribution in [0.5, 0.6) is 0 Å². The number of hydrogen-bond acceptors (Lipinski definition) is 6. The number of rotatable bonds is 4. The minimum atomic E-state index is -0.180. The van der Waals surface area contributed by atoms with Crippen molar-refractivity contribution in [2.24, 2.45) is 0 Å². The monoisotopic (exact) mass is 327 g/mol. The van der Waals surface area contributed by atoms with Crippen LogP contribution in [0.4, 0.5) is 0 Å². The van der Waals surface area contributed by atoms with Gasteiger partial charge in [-0.2, -0.15) is 4.98 Å². The summed E-state index contributed by atoms with van der Waals surface area (Å²) in [5, 5.41) is 7.44. The first-order valence-electron chi connectivity index (χ1n) is 8.37. The predicted octanol–water partition coefficient (Wildman–Crippen LogP) is 2.08. The molecule has 4 rings (SSSR count). The largest absolute Gasteiger partial charge is 0.363 e. The zero-order valence-electron chi connectivity index (χ0n) is 13.9. The number of ether oxygens (including phenoxy) is 1. The van der Waals surface area contributed by atoms with Crippen LogP contribution in [0.15, 0.2) is 28.8 Å².